The van der Waals surface area contributed by atoms with Gasteiger partial charge in [-0.2, -0.15) is 0 Å². The first-order valence-electron chi connectivity index (χ1n) is 19.4. The van der Waals surface area contributed by atoms with Crippen molar-refractivity contribution in [2.24, 2.45) is 11.8 Å². The van der Waals surface area contributed by atoms with Gasteiger partial charge in [0.1, 0.15) is 18.3 Å². The highest BCUT2D eigenvalue weighted by Gasteiger charge is 2.49. The standard InChI is InChI=1S/C41H73N3O8/c1-26(2)49-34(47)30(18-32(45)50-27-20-36(3,4)42(15)37(5,6)21-27)31(35(48)52-29-24-40(11,12)44(17)41(13,14)25-29)19-33(46)51-28-22-38(7,8)43(16)39(9,10)23-28/h26-31H,18-25H2,1-17H3. The summed E-state index contributed by atoms with van der Waals surface area (Å²) in [6, 6.07) is 0. The molecule has 300 valence electrons. The SMILES string of the molecule is CC(C)OC(=O)C(CC(=O)OC1CC(C)(C)N(C)C(C)(C)C1)C(CC(=O)OC1CC(C)(C)N(C)C(C)(C)C1)C(=O)OC1CC(C)(C)N(C)C(C)(C)C1. The lowest BCUT2D eigenvalue weighted by atomic mass is 9.78. The van der Waals surface area contributed by atoms with Crippen molar-refractivity contribution < 1.29 is 38.1 Å². The normalized spacial score (nSPS) is 26.3. The summed E-state index contributed by atoms with van der Waals surface area (Å²) in [6.45, 7) is 28.8. The van der Waals surface area contributed by atoms with Crippen molar-refractivity contribution in [1.82, 2.24) is 14.7 Å². The van der Waals surface area contributed by atoms with Gasteiger partial charge in [0.05, 0.1) is 30.8 Å². The van der Waals surface area contributed by atoms with Gasteiger partial charge in [0, 0.05) is 71.8 Å². The lowest BCUT2D eigenvalue weighted by Crippen LogP contribution is -2.60. The third kappa shape index (κ3) is 10.5. The van der Waals surface area contributed by atoms with Crippen LogP contribution in [-0.4, -0.2) is 117 Å². The molecule has 3 saturated heterocycles. The zero-order valence-electron chi connectivity index (χ0n) is 35.7. The van der Waals surface area contributed by atoms with Gasteiger partial charge < -0.3 is 18.9 Å². The molecular formula is C41H73N3O8. The average molecular weight is 736 g/mol. The van der Waals surface area contributed by atoms with Crippen molar-refractivity contribution in [3.8, 4) is 0 Å². The van der Waals surface area contributed by atoms with Crippen LogP contribution in [0.1, 0.15) is 148 Å². The van der Waals surface area contributed by atoms with Crippen LogP contribution in [-0.2, 0) is 38.1 Å². The summed E-state index contributed by atoms with van der Waals surface area (Å²) in [5, 5.41) is 0. The Kier molecular flexibility index (Phi) is 13.1. The fourth-order valence-corrected chi connectivity index (χ4v) is 9.27. The maximum absolute atomic E-state index is 14.4. The van der Waals surface area contributed by atoms with E-state index in [-0.39, 0.29) is 45.4 Å². The van der Waals surface area contributed by atoms with Crippen molar-refractivity contribution in [1.29, 1.82) is 0 Å². The highest BCUT2D eigenvalue weighted by molar-refractivity contribution is 5.88. The number of nitrogens with zero attached hydrogens (tertiary/aromatic N) is 3. The first-order valence-corrected chi connectivity index (χ1v) is 19.4. The van der Waals surface area contributed by atoms with E-state index < -0.39 is 60.8 Å². The molecule has 0 radical (unpaired) electrons. The number of hydrogen-bond donors (Lipinski definition) is 0. The molecule has 2 unspecified atom stereocenters. The summed E-state index contributed by atoms with van der Waals surface area (Å²) in [4.78, 5) is 62.8. The number of likely N-dealkylation sites (tertiary alicyclic amines) is 3. The molecular weight excluding hydrogens is 662 g/mol. The molecule has 3 heterocycles. The molecule has 3 aliphatic rings. The Hall–Kier alpha value is -2.24. The van der Waals surface area contributed by atoms with Gasteiger partial charge in [-0.15, -0.1) is 0 Å². The lowest BCUT2D eigenvalue weighted by Gasteiger charge is -2.53. The molecule has 0 aromatic carbocycles. The topological polar surface area (TPSA) is 115 Å². The van der Waals surface area contributed by atoms with Crippen LogP contribution in [0.15, 0.2) is 0 Å². The molecule has 3 fully saturated rings. The average Bonchev–Trinajstić information content (AvgIpc) is 2.93. The minimum atomic E-state index is -1.31. The van der Waals surface area contributed by atoms with Crippen molar-refractivity contribution in [2.45, 2.75) is 206 Å². The fourth-order valence-electron chi connectivity index (χ4n) is 9.27. The second-order valence-corrected chi connectivity index (χ2v) is 20.2. The molecule has 0 N–H and O–H groups in total. The third-order valence-corrected chi connectivity index (χ3v) is 12.9. The number of esters is 4. The van der Waals surface area contributed by atoms with Gasteiger partial charge in [0.25, 0.3) is 0 Å². The zero-order chi connectivity index (χ0) is 40.0. The van der Waals surface area contributed by atoms with E-state index in [2.05, 4.69) is 119 Å². The van der Waals surface area contributed by atoms with Gasteiger partial charge >= 0.3 is 23.9 Å². The summed E-state index contributed by atoms with van der Waals surface area (Å²) in [6.07, 6.45) is 1.00. The van der Waals surface area contributed by atoms with E-state index in [1.807, 2.05) is 0 Å². The molecule has 52 heavy (non-hydrogen) atoms. The molecule has 0 bridgehead atoms. The summed E-state index contributed by atoms with van der Waals surface area (Å²) < 4.78 is 24.1. The number of ether oxygens (including phenoxy) is 4. The van der Waals surface area contributed by atoms with Gasteiger partial charge in [-0.1, -0.05) is 0 Å². The first kappa shape index (κ1) is 44.2. The van der Waals surface area contributed by atoms with Crippen LogP contribution in [0.5, 0.6) is 0 Å². The highest BCUT2D eigenvalue weighted by Crippen LogP contribution is 2.42. The van der Waals surface area contributed by atoms with Gasteiger partial charge in [-0.3, -0.25) is 33.9 Å². The molecule has 2 atom stereocenters. The summed E-state index contributed by atoms with van der Waals surface area (Å²) >= 11 is 0. The molecule has 11 nitrogen and oxygen atoms in total. The van der Waals surface area contributed by atoms with Gasteiger partial charge in [-0.05, 0) is 118 Å². The van der Waals surface area contributed by atoms with Crippen LogP contribution in [0.25, 0.3) is 0 Å². The zero-order valence-corrected chi connectivity index (χ0v) is 35.7. The predicted octanol–water partition coefficient (Wildman–Crippen LogP) is 6.53. The molecule has 0 saturated carbocycles. The number of hydrogen-bond acceptors (Lipinski definition) is 11. The van der Waals surface area contributed by atoms with Crippen LogP contribution >= 0.6 is 0 Å². The van der Waals surface area contributed by atoms with E-state index in [9.17, 15) is 19.2 Å². The van der Waals surface area contributed by atoms with E-state index in [0.29, 0.717) is 38.5 Å². The summed E-state index contributed by atoms with van der Waals surface area (Å²) in [5.74, 6) is -5.28. The molecule has 0 spiro atoms. The molecule has 0 aromatic rings. The van der Waals surface area contributed by atoms with Crippen molar-refractivity contribution >= 4 is 23.9 Å². The molecule has 3 aliphatic heterocycles. The molecule has 0 amide bonds. The molecule has 0 aliphatic carbocycles. The maximum Gasteiger partial charge on any atom is 0.310 e. The van der Waals surface area contributed by atoms with Crippen molar-refractivity contribution in [3.05, 3.63) is 0 Å². The van der Waals surface area contributed by atoms with Crippen LogP contribution in [0.3, 0.4) is 0 Å². The number of piperidine rings is 3. The quantitative estimate of drug-likeness (QED) is 0.170. The van der Waals surface area contributed by atoms with E-state index >= 15 is 0 Å². The van der Waals surface area contributed by atoms with Crippen LogP contribution < -0.4 is 0 Å². The second kappa shape index (κ2) is 15.5. The Balaban J connectivity index is 1.94. The Morgan fingerprint density at radius 2 is 0.731 bits per heavy atom. The Bertz CT molecular complexity index is 1260. The monoisotopic (exact) mass is 736 g/mol. The fraction of sp³-hybridized carbons (Fsp3) is 0.902. The number of carbonyl (C=O) groups is 4. The van der Waals surface area contributed by atoms with Crippen LogP contribution in [0.2, 0.25) is 0 Å². The minimum Gasteiger partial charge on any atom is -0.463 e. The molecule has 3 rings (SSSR count). The summed E-state index contributed by atoms with van der Waals surface area (Å²) in [7, 11) is 6.22. The van der Waals surface area contributed by atoms with Crippen molar-refractivity contribution in [2.75, 3.05) is 21.1 Å². The lowest BCUT2D eigenvalue weighted by molar-refractivity contribution is -0.179. The molecule has 11 heteroatoms. The predicted molar refractivity (Wildman–Crippen MR) is 203 cm³/mol. The largest absolute Gasteiger partial charge is 0.463 e. The van der Waals surface area contributed by atoms with E-state index in [0.717, 1.165) is 0 Å². The Labute approximate surface area is 315 Å². The van der Waals surface area contributed by atoms with Gasteiger partial charge in [0.15, 0.2) is 0 Å². The molecule has 0 aromatic heterocycles. The minimum absolute atomic E-state index is 0.231. The highest BCUT2D eigenvalue weighted by atomic mass is 16.6. The summed E-state index contributed by atoms with van der Waals surface area (Å²) in [5.41, 5.74) is -1.47. The Morgan fingerprint density at radius 3 is 1.00 bits per heavy atom. The second-order valence-electron chi connectivity index (χ2n) is 20.2. The number of carbonyl (C=O) groups excluding carboxylic acids is 4. The van der Waals surface area contributed by atoms with E-state index in [1.54, 1.807) is 13.8 Å². The van der Waals surface area contributed by atoms with E-state index in [4.69, 9.17) is 18.9 Å². The van der Waals surface area contributed by atoms with Crippen LogP contribution in [0, 0.1) is 11.8 Å². The Morgan fingerprint density at radius 1 is 0.481 bits per heavy atom. The third-order valence-electron chi connectivity index (χ3n) is 12.9. The first-order chi connectivity index (χ1) is 23.4. The van der Waals surface area contributed by atoms with Gasteiger partial charge in [0.2, 0.25) is 0 Å². The van der Waals surface area contributed by atoms with Crippen LogP contribution in [0.4, 0.5) is 0 Å². The van der Waals surface area contributed by atoms with E-state index in [1.165, 1.54) is 0 Å². The van der Waals surface area contributed by atoms with Crippen molar-refractivity contribution in [3.63, 3.8) is 0 Å². The smallest absolute Gasteiger partial charge is 0.310 e. The van der Waals surface area contributed by atoms with Gasteiger partial charge in [-0.25, -0.2) is 0 Å². The maximum atomic E-state index is 14.4. The number of rotatable bonds is 11.